The highest BCUT2D eigenvalue weighted by Crippen LogP contribution is 2.29. The highest BCUT2D eigenvalue weighted by Gasteiger charge is 2.37. The van der Waals surface area contributed by atoms with Gasteiger partial charge < -0.3 is 5.32 Å². The van der Waals surface area contributed by atoms with E-state index in [1.165, 1.54) is 39.0 Å². The van der Waals surface area contributed by atoms with Crippen LogP contribution >= 0.6 is 0 Å². The van der Waals surface area contributed by atoms with Crippen LogP contribution < -0.4 is 5.32 Å². The average molecular weight is 172 g/mol. The van der Waals surface area contributed by atoms with Gasteiger partial charge in [-0.3, -0.25) is 4.90 Å². The molecule has 2 heterocycles. The molecule has 0 amide bonds. The van der Waals surface area contributed by atoms with Crippen LogP contribution in [0.2, 0.25) is 0 Å². The first-order chi connectivity index (χ1) is 5.81. The van der Waals surface area contributed by atoms with Crippen molar-refractivity contribution >= 4 is 0 Å². The first-order valence-electron chi connectivity index (χ1n) is 5.27. The van der Waals surface area contributed by atoms with Gasteiger partial charge in [0.25, 0.3) is 0 Å². The number of piperazine rings is 1. The summed E-state index contributed by atoms with van der Waals surface area (Å²) in [6, 6.07) is 0. The van der Waals surface area contributed by atoms with Crippen molar-refractivity contribution in [3.8, 4) is 0 Å². The minimum Gasteiger partial charge on any atom is -0.314 e. The Balaban J connectivity index is 0.000000451. The highest BCUT2D eigenvalue weighted by atomic mass is 15.3. The number of hydrogen-bond donors (Lipinski definition) is 1. The van der Waals surface area contributed by atoms with Crippen molar-refractivity contribution in [3.05, 3.63) is 0 Å². The predicted molar refractivity (Wildman–Crippen MR) is 55.5 cm³/mol. The lowest BCUT2D eigenvalue weighted by atomic mass is 9.97. The minimum atomic E-state index is 0. The van der Waals surface area contributed by atoms with Gasteiger partial charge in [0, 0.05) is 26.6 Å². The molecule has 0 aliphatic carbocycles. The van der Waals surface area contributed by atoms with Crippen molar-refractivity contribution in [2.45, 2.75) is 39.2 Å². The molecule has 2 rings (SSSR count). The van der Waals surface area contributed by atoms with Crippen LogP contribution in [0, 0.1) is 0 Å². The summed E-state index contributed by atoms with van der Waals surface area (Å²) in [4.78, 5) is 2.63. The summed E-state index contributed by atoms with van der Waals surface area (Å²) in [5, 5.41) is 3.46. The number of nitrogens with zero attached hydrogens (tertiary/aromatic N) is 1. The van der Waals surface area contributed by atoms with Gasteiger partial charge in [-0.05, 0) is 26.3 Å². The Labute approximate surface area is 77.8 Å². The van der Waals surface area contributed by atoms with Crippen molar-refractivity contribution < 1.29 is 1.43 Å². The van der Waals surface area contributed by atoms with Gasteiger partial charge >= 0.3 is 0 Å². The first kappa shape index (κ1) is 10.0. The van der Waals surface area contributed by atoms with Crippen molar-refractivity contribution in [2.75, 3.05) is 26.2 Å². The molecule has 0 radical (unpaired) electrons. The van der Waals surface area contributed by atoms with Gasteiger partial charge in [0.1, 0.15) is 0 Å². The maximum atomic E-state index is 3.46. The van der Waals surface area contributed by atoms with E-state index in [1.54, 1.807) is 0 Å². The average Bonchev–Trinajstić information content (AvgIpc) is 2.49. The molecule has 0 saturated carbocycles. The number of rotatable bonds is 0. The van der Waals surface area contributed by atoms with Gasteiger partial charge in [0.05, 0.1) is 0 Å². The molecule has 2 saturated heterocycles. The molecule has 2 nitrogen and oxygen atoms in total. The van der Waals surface area contributed by atoms with E-state index >= 15 is 0 Å². The zero-order chi connectivity index (χ0) is 9.03. The van der Waals surface area contributed by atoms with Gasteiger partial charge in [-0.1, -0.05) is 13.8 Å². The summed E-state index contributed by atoms with van der Waals surface area (Å²) in [5.41, 5.74) is 0.512. The number of hydrogen-bond acceptors (Lipinski definition) is 2. The zero-order valence-electron chi connectivity index (χ0n) is 8.69. The van der Waals surface area contributed by atoms with E-state index in [0.717, 1.165) is 0 Å². The standard InChI is InChI=1S/C8H16N2.C2H6.H2/c1-8-3-2-5-10(8)6-4-9-7-8;1-2;/h9H,2-7H2,1H3;1-2H3;1H. The molecule has 0 spiro atoms. The van der Waals surface area contributed by atoms with E-state index in [4.69, 9.17) is 0 Å². The summed E-state index contributed by atoms with van der Waals surface area (Å²) in [6.07, 6.45) is 2.79. The Morgan fingerprint density at radius 1 is 1.33 bits per heavy atom. The van der Waals surface area contributed by atoms with E-state index in [1.807, 2.05) is 13.8 Å². The molecular weight excluding hydrogens is 148 g/mol. The molecule has 2 heteroatoms. The van der Waals surface area contributed by atoms with Crippen LogP contribution in [0.5, 0.6) is 0 Å². The molecule has 0 aromatic rings. The summed E-state index contributed by atoms with van der Waals surface area (Å²) in [6.45, 7) is 11.4. The fourth-order valence-corrected chi connectivity index (χ4v) is 2.23. The van der Waals surface area contributed by atoms with Gasteiger partial charge in [-0.2, -0.15) is 0 Å². The maximum Gasteiger partial charge on any atom is 0.0306 e. The van der Waals surface area contributed by atoms with Crippen LogP contribution in [0.3, 0.4) is 0 Å². The van der Waals surface area contributed by atoms with Crippen LogP contribution in [0.15, 0.2) is 0 Å². The van der Waals surface area contributed by atoms with Crippen LogP contribution in [-0.2, 0) is 0 Å². The second-order valence-electron chi connectivity index (χ2n) is 3.76. The highest BCUT2D eigenvalue weighted by molar-refractivity contribution is 4.96. The topological polar surface area (TPSA) is 15.3 Å². The molecule has 0 bridgehead atoms. The SMILES string of the molecule is CC.CC12CCCN1CCNC2.[HH]. The summed E-state index contributed by atoms with van der Waals surface area (Å²) in [7, 11) is 0. The Morgan fingerprint density at radius 2 is 2.08 bits per heavy atom. The fourth-order valence-electron chi connectivity index (χ4n) is 2.23. The third-order valence-corrected chi connectivity index (χ3v) is 2.97. The molecule has 0 aromatic carbocycles. The van der Waals surface area contributed by atoms with E-state index in [9.17, 15) is 0 Å². The van der Waals surface area contributed by atoms with Gasteiger partial charge in [-0.25, -0.2) is 0 Å². The van der Waals surface area contributed by atoms with Gasteiger partial charge in [-0.15, -0.1) is 0 Å². The molecule has 2 aliphatic heterocycles. The summed E-state index contributed by atoms with van der Waals surface area (Å²) in [5.74, 6) is 0. The first-order valence-corrected chi connectivity index (χ1v) is 5.27. The summed E-state index contributed by atoms with van der Waals surface area (Å²) >= 11 is 0. The molecule has 0 aromatic heterocycles. The Hall–Kier alpha value is -0.0800. The number of fused-ring (bicyclic) bond motifs is 1. The smallest absolute Gasteiger partial charge is 0.0306 e. The van der Waals surface area contributed by atoms with E-state index in [0.29, 0.717) is 5.54 Å². The van der Waals surface area contributed by atoms with Crippen molar-refractivity contribution in [1.82, 2.24) is 10.2 Å². The van der Waals surface area contributed by atoms with Gasteiger partial charge in [0.2, 0.25) is 0 Å². The maximum absolute atomic E-state index is 3.46. The van der Waals surface area contributed by atoms with E-state index in [-0.39, 0.29) is 1.43 Å². The largest absolute Gasteiger partial charge is 0.314 e. The molecule has 74 valence electrons. The van der Waals surface area contributed by atoms with Crippen molar-refractivity contribution in [3.63, 3.8) is 0 Å². The predicted octanol–water partition coefficient (Wildman–Crippen LogP) is 1.72. The normalized spacial score (nSPS) is 35.2. The Morgan fingerprint density at radius 3 is 2.75 bits per heavy atom. The Bertz CT molecular complexity index is 141. The van der Waals surface area contributed by atoms with Gasteiger partial charge in [0.15, 0.2) is 0 Å². The molecule has 1 unspecified atom stereocenters. The van der Waals surface area contributed by atoms with Crippen LogP contribution in [0.25, 0.3) is 0 Å². The second-order valence-corrected chi connectivity index (χ2v) is 3.76. The molecule has 1 N–H and O–H groups in total. The Kier molecular flexibility index (Phi) is 3.53. The monoisotopic (exact) mass is 172 g/mol. The summed E-state index contributed by atoms with van der Waals surface area (Å²) < 4.78 is 0. The molecular formula is C10H24N2. The van der Waals surface area contributed by atoms with Crippen LogP contribution in [0.4, 0.5) is 0 Å². The third kappa shape index (κ3) is 1.80. The molecule has 2 aliphatic rings. The molecule has 1 atom stereocenters. The third-order valence-electron chi connectivity index (χ3n) is 2.97. The molecule has 2 fully saturated rings. The lowest BCUT2D eigenvalue weighted by Crippen LogP contribution is -2.55. The molecule has 12 heavy (non-hydrogen) atoms. The minimum absolute atomic E-state index is 0. The van der Waals surface area contributed by atoms with E-state index < -0.39 is 0 Å². The van der Waals surface area contributed by atoms with Crippen molar-refractivity contribution in [1.29, 1.82) is 0 Å². The lowest BCUT2D eigenvalue weighted by Gasteiger charge is -2.39. The van der Waals surface area contributed by atoms with Crippen molar-refractivity contribution in [2.24, 2.45) is 0 Å². The van der Waals surface area contributed by atoms with E-state index in [2.05, 4.69) is 17.1 Å². The second kappa shape index (κ2) is 4.24. The zero-order valence-corrected chi connectivity index (χ0v) is 8.69. The van der Waals surface area contributed by atoms with Crippen LogP contribution in [0.1, 0.15) is 35.0 Å². The fraction of sp³-hybridized carbons (Fsp3) is 1.00. The lowest BCUT2D eigenvalue weighted by molar-refractivity contribution is 0.122. The number of nitrogens with one attached hydrogen (secondary N) is 1. The van der Waals surface area contributed by atoms with Crippen LogP contribution in [-0.4, -0.2) is 36.6 Å². The quantitative estimate of drug-likeness (QED) is 0.598.